The smallest absolute Gasteiger partial charge is 0.220 e. The van der Waals surface area contributed by atoms with Crippen LogP contribution in [-0.4, -0.2) is 318 Å². The number of rotatable bonds is 60. The summed E-state index contributed by atoms with van der Waals surface area (Å²) >= 11 is 0. The third-order valence-corrected chi connectivity index (χ3v) is 15.4. The highest BCUT2D eigenvalue weighted by Crippen LogP contribution is 2.20. The predicted molar refractivity (Wildman–Crippen MR) is 355 cm³/mol. The number of aromatic nitrogens is 9. The summed E-state index contributed by atoms with van der Waals surface area (Å²) in [5, 5.41) is 57.0. The molecule has 0 spiro atoms. The van der Waals surface area contributed by atoms with E-state index in [1.807, 2.05) is 0 Å². The van der Waals surface area contributed by atoms with Crippen LogP contribution in [0.25, 0.3) is 0 Å². The van der Waals surface area contributed by atoms with Crippen LogP contribution in [0.15, 0.2) is 18.6 Å². The van der Waals surface area contributed by atoms with Gasteiger partial charge in [0.25, 0.3) is 0 Å². The van der Waals surface area contributed by atoms with Gasteiger partial charge in [-0.3, -0.25) is 19.2 Å². The van der Waals surface area contributed by atoms with Crippen molar-refractivity contribution in [2.24, 2.45) is 5.73 Å². The van der Waals surface area contributed by atoms with E-state index in [2.05, 4.69) is 52.2 Å². The molecule has 582 valence electrons. The topological polar surface area (TPSA) is 441 Å². The van der Waals surface area contributed by atoms with E-state index in [-0.39, 0.29) is 102 Å². The standard InChI is InChI=1S/C64H112N14O24/c1-49(79)66-57-8-7-14-97-61(57)98-33-30-91-27-24-88-21-18-85-15-11-76-38-52(70-73-76)41-94-46-64(69-60(84)9-5-4-6-10-65,47-95-42-53-39-77(74-71-53)12-16-86-19-22-89-25-28-92-31-34-99-62-58(67-50(2)80)36-55(82)44-101-62)48-96-43-54-40-78(75-72-54)13-17-87-20-23-90-26-29-93-32-35-100-63-59(68-51(3)81)37-56(83)45-102-63/h38-40,55-59,61-63,82-83H,4-37,41-48,65H2,1-3H3,(H,66,79)(H,67,80)(H,68,81)(H,69,84)/t55-,56-,57-,58-,59-,61+,62-,63-/m1/s1. The van der Waals surface area contributed by atoms with Crippen LogP contribution in [0.5, 0.6) is 0 Å². The molecule has 8 N–H and O–H groups in total. The normalized spacial score (nSPS) is 20.2. The number of aliphatic hydroxyl groups excluding tert-OH is 2. The molecule has 102 heavy (non-hydrogen) atoms. The average Bonchev–Trinajstić information content (AvgIpc) is 1.56. The molecule has 0 aliphatic carbocycles. The van der Waals surface area contributed by atoms with Gasteiger partial charge in [0.1, 0.15) is 22.6 Å². The lowest BCUT2D eigenvalue weighted by molar-refractivity contribution is -0.206. The minimum absolute atomic E-state index is 0.0442. The van der Waals surface area contributed by atoms with Gasteiger partial charge in [-0.2, -0.15) is 0 Å². The zero-order chi connectivity index (χ0) is 72.5. The van der Waals surface area contributed by atoms with Gasteiger partial charge in [-0.05, 0) is 32.2 Å². The molecule has 8 atom stereocenters. The Morgan fingerprint density at radius 1 is 0.471 bits per heavy atom. The van der Waals surface area contributed by atoms with E-state index in [1.165, 1.54) is 20.8 Å². The predicted octanol–water partition coefficient (Wildman–Crippen LogP) is -2.15. The quantitative estimate of drug-likeness (QED) is 0.0296. The number of hydrogen-bond acceptors (Lipinski definition) is 31. The Bertz CT molecular complexity index is 2580. The molecule has 6 heterocycles. The van der Waals surface area contributed by atoms with Crippen molar-refractivity contribution in [2.75, 3.05) is 185 Å². The number of unbranched alkanes of at least 4 members (excludes halogenated alkanes) is 2. The lowest BCUT2D eigenvalue weighted by Crippen LogP contribution is -2.58. The van der Waals surface area contributed by atoms with E-state index >= 15 is 0 Å². The molecule has 3 aromatic rings. The highest BCUT2D eigenvalue weighted by atomic mass is 16.7. The van der Waals surface area contributed by atoms with E-state index in [1.54, 1.807) is 32.6 Å². The van der Waals surface area contributed by atoms with Crippen molar-refractivity contribution < 1.29 is 115 Å². The summed E-state index contributed by atoms with van der Waals surface area (Å²) in [5.74, 6) is -0.808. The second-order valence-electron chi connectivity index (χ2n) is 24.4. The van der Waals surface area contributed by atoms with Crippen molar-refractivity contribution >= 4 is 23.6 Å². The minimum Gasteiger partial charge on any atom is -0.391 e. The third-order valence-electron chi connectivity index (χ3n) is 15.4. The van der Waals surface area contributed by atoms with Crippen molar-refractivity contribution in [3.63, 3.8) is 0 Å². The molecular weight excluding hydrogens is 1350 g/mol. The Hall–Kier alpha value is -5.54. The molecule has 3 aromatic heterocycles. The Morgan fingerprint density at radius 2 is 0.814 bits per heavy atom. The summed E-state index contributed by atoms with van der Waals surface area (Å²) in [5.41, 5.74) is 6.17. The maximum atomic E-state index is 13.8. The van der Waals surface area contributed by atoms with Gasteiger partial charge in [-0.15, -0.1) is 15.3 Å². The maximum absolute atomic E-state index is 13.8. The molecule has 3 fully saturated rings. The molecular formula is C64H112N14O24. The number of aliphatic hydroxyl groups is 2. The zero-order valence-corrected chi connectivity index (χ0v) is 59.5. The van der Waals surface area contributed by atoms with Crippen molar-refractivity contribution in [1.29, 1.82) is 0 Å². The number of nitrogens with two attached hydrogens (primary N) is 1. The van der Waals surface area contributed by atoms with Crippen molar-refractivity contribution in [2.45, 2.75) is 166 Å². The van der Waals surface area contributed by atoms with Gasteiger partial charge in [-0.1, -0.05) is 22.1 Å². The highest BCUT2D eigenvalue weighted by molar-refractivity contribution is 5.77. The molecule has 0 aromatic carbocycles. The van der Waals surface area contributed by atoms with Gasteiger partial charge in [0.15, 0.2) is 18.9 Å². The van der Waals surface area contributed by atoms with Crippen LogP contribution in [0, 0.1) is 0 Å². The van der Waals surface area contributed by atoms with Gasteiger partial charge in [0.2, 0.25) is 23.6 Å². The van der Waals surface area contributed by atoms with E-state index in [0.29, 0.717) is 195 Å². The maximum Gasteiger partial charge on any atom is 0.220 e. The van der Waals surface area contributed by atoms with Crippen LogP contribution in [0.2, 0.25) is 0 Å². The minimum atomic E-state index is -1.22. The van der Waals surface area contributed by atoms with Gasteiger partial charge in [0.05, 0.1) is 260 Å². The fourth-order valence-electron chi connectivity index (χ4n) is 10.6. The van der Waals surface area contributed by atoms with Crippen LogP contribution >= 0.6 is 0 Å². The zero-order valence-electron chi connectivity index (χ0n) is 59.5. The molecule has 38 nitrogen and oxygen atoms in total. The molecule has 0 unspecified atom stereocenters. The molecule has 0 saturated carbocycles. The van der Waals surface area contributed by atoms with Gasteiger partial charge < -0.3 is 122 Å². The lowest BCUT2D eigenvalue weighted by atomic mass is 10.0. The Morgan fingerprint density at radius 3 is 1.18 bits per heavy atom. The summed E-state index contributed by atoms with van der Waals surface area (Å²) in [7, 11) is 0. The fraction of sp³-hybridized carbons (Fsp3) is 0.844. The van der Waals surface area contributed by atoms with Crippen molar-refractivity contribution in [3.8, 4) is 0 Å². The molecule has 0 radical (unpaired) electrons. The number of amides is 4. The Balaban J connectivity index is 0.908. The Kier molecular flexibility index (Phi) is 43.9. The molecule has 0 bridgehead atoms. The van der Waals surface area contributed by atoms with E-state index < -0.39 is 48.7 Å². The summed E-state index contributed by atoms with van der Waals surface area (Å²) in [6, 6.07) is -1.06. The van der Waals surface area contributed by atoms with Gasteiger partial charge >= 0.3 is 0 Å². The number of carbonyl (C=O) groups is 4. The molecule has 38 heteroatoms. The number of ether oxygens (including phenoxy) is 18. The second kappa shape index (κ2) is 52.4. The first-order valence-corrected chi connectivity index (χ1v) is 35.2. The third kappa shape index (κ3) is 37.9. The first-order valence-electron chi connectivity index (χ1n) is 35.2. The largest absolute Gasteiger partial charge is 0.391 e. The number of nitrogens with one attached hydrogen (secondary N) is 4. The molecule has 3 aliphatic rings. The second-order valence-corrected chi connectivity index (χ2v) is 24.4. The molecule has 3 saturated heterocycles. The van der Waals surface area contributed by atoms with E-state index in [0.717, 1.165) is 25.7 Å². The van der Waals surface area contributed by atoms with Gasteiger partial charge in [0, 0.05) is 46.6 Å². The monoisotopic (exact) mass is 1460 g/mol. The summed E-state index contributed by atoms with van der Waals surface area (Å²) < 4.78 is 109. The van der Waals surface area contributed by atoms with E-state index in [4.69, 9.17) is 91.0 Å². The Labute approximate surface area is 595 Å². The SMILES string of the molecule is CC(=O)N[C@@H]1CCCO[C@H]1OCCOCCOCCOCCn1cc(COCC(COCc2cn(CCOCCOCCOCCO[C@@H]3OC[C@H](O)C[C@H]3NC(C)=O)nn2)(COCc2cn(CCOCCOCCOCCO[C@@H]3OC[C@H](O)C[C@H]3NC(C)=O)nn2)NC(=O)CCCCCN)nn1. The first-order chi connectivity index (χ1) is 49.7. The highest BCUT2D eigenvalue weighted by Gasteiger charge is 2.36. The van der Waals surface area contributed by atoms with Gasteiger partial charge in [-0.25, -0.2) is 14.0 Å². The van der Waals surface area contributed by atoms with Crippen LogP contribution in [-0.2, 0) is 144 Å². The molecule has 6 rings (SSSR count). The summed E-state index contributed by atoms with van der Waals surface area (Å²) in [6.45, 7) is 14.0. The molecule has 3 aliphatic heterocycles. The van der Waals surface area contributed by atoms with Crippen LogP contribution in [0.3, 0.4) is 0 Å². The lowest BCUT2D eigenvalue weighted by Gasteiger charge is -2.34. The van der Waals surface area contributed by atoms with E-state index in [9.17, 15) is 29.4 Å². The van der Waals surface area contributed by atoms with Crippen LogP contribution in [0.4, 0.5) is 0 Å². The van der Waals surface area contributed by atoms with Crippen molar-refractivity contribution in [1.82, 2.24) is 66.2 Å². The summed E-state index contributed by atoms with van der Waals surface area (Å²) in [6.07, 6.45) is 6.88. The van der Waals surface area contributed by atoms with Crippen LogP contribution < -0.4 is 27.0 Å². The first kappa shape index (κ1) is 85.4. The number of nitrogens with zero attached hydrogens (tertiary/aromatic N) is 9. The number of carbonyl (C=O) groups excluding carboxylic acids is 4. The fourth-order valence-corrected chi connectivity index (χ4v) is 10.6. The van der Waals surface area contributed by atoms with Crippen LogP contribution in [0.1, 0.15) is 89.2 Å². The van der Waals surface area contributed by atoms with Crippen molar-refractivity contribution in [3.05, 3.63) is 35.7 Å². The average molecular weight is 1460 g/mol. The number of hydrogen-bond donors (Lipinski definition) is 7. The molecule has 4 amide bonds. The summed E-state index contributed by atoms with van der Waals surface area (Å²) in [4.78, 5) is 48.4.